The molecule has 1 aliphatic carbocycles. The van der Waals surface area contributed by atoms with E-state index in [4.69, 9.17) is 11.6 Å². The molecular weight excluding hydrogens is 192 g/mol. The van der Waals surface area contributed by atoms with E-state index in [1.807, 2.05) is 11.4 Å². The summed E-state index contributed by atoms with van der Waals surface area (Å²) < 4.78 is 0. The highest BCUT2D eigenvalue weighted by molar-refractivity contribution is 7.10. The maximum absolute atomic E-state index is 9.58. The molecule has 1 aliphatic rings. The van der Waals surface area contributed by atoms with Gasteiger partial charge < -0.3 is 5.11 Å². The van der Waals surface area contributed by atoms with E-state index < -0.39 is 0 Å². The average molecular weight is 203 g/mol. The Morgan fingerprint density at radius 2 is 2.33 bits per heavy atom. The summed E-state index contributed by atoms with van der Waals surface area (Å²) in [6, 6.07) is 1.92. The van der Waals surface area contributed by atoms with E-state index in [9.17, 15) is 5.11 Å². The van der Waals surface area contributed by atoms with Crippen molar-refractivity contribution in [2.45, 2.75) is 31.3 Å². The third-order valence-corrected chi connectivity index (χ3v) is 3.78. The van der Waals surface area contributed by atoms with Crippen molar-refractivity contribution in [3.05, 3.63) is 21.3 Å². The Labute approximate surface area is 81.0 Å². The third kappa shape index (κ3) is 1.82. The molecule has 0 aromatic carbocycles. The molecule has 0 saturated heterocycles. The van der Waals surface area contributed by atoms with E-state index in [0.29, 0.717) is 0 Å². The smallest absolute Gasteiger partial charge is 0.0653 e. The van der Waals surface area contributed by atoms with Gasteiger partial charge in [0.2, 0.25) is 0 Å². The van der Waals surface area contributed by atoms with Crippen molar-refractivity contribution in [1.29, 1.82) is 0 Å². The molecule has 1 nitrogen and oxygen atoms in total. The Kier molecular flexibility index (Phi) is 2.15. The molecule has 0 amide bonds. The van der Waals surface area contributed by atoms with Crippen molar-refractivity contribution in [3.63, 3.8) is 0 Å². The number of hydrogen-bond donors (Lipinski definition) is 1. The van der Waals surface area contributed by atoms with Gasteiger partial charge in [-0.25, -0.2) is 0 Å². The van der Waals surface area contributed by atoms with Crippen LogP contribution >= 0.6 is 22.9 Å². The standard InChI is InChI=1S/C9H11ClOS/c10-7-2-6-12-8(7)1-3-9(11)4-5-9/h2,6,11H,1,3-5H2. The van der Waals surface area contributed by atoms with E-state index in [1.165, 1.54) is 4.88 Å². The van der Waals surface area contributed by atoms with Gasteiger partial charge in [-0.2, -0.15) is 0 Å². The van der Waals surface area contributed by atoms with Crippen LogP contribution in [0, 0.1) is 0 Å². The first kappa shape index (κ1) is 8.54. The lowest BCUT2D eigenvalue weighted by Crippen LogP contribution is -2.07. The monoisotopic (exact) mass is 202 g/mol. The lowest BCUT2D eigenvalue weighted by atomic mass is 10.1. The van der Waals surface area contributed by atoms with Gasteiger partial charge in [-0.3, -0.25) is 0 Å². The molecule has 1 fully saturated rings. The molecule has 0 aliphatic heterocycles. The second-order valence-electron chi connectivity index (χ2n) is 3.42. The number of halogens is 1. The largest absolute Gasteiger partial charge is 0.390 e. The summed E-state index contributed by atoms with van der Waals surface area (Å²) >= 11 is 7.59. The van der Waals surface area contributed by atoms with E-state index in [2.05, 4.69) is 0 Å². The van der Waals surface area contributed by atoms with Gasteiger partial charge in [0.15, 0.2) is 0 Å². The van der Waals surface area contributed by atoms with Crippen LogP contribution in [-0.2, 0) is 6.42 Å². The normalized spacial score (nSPS) is 19.5. The summed E-state index contributed by atoms with van der Waals surface area (Å²) in [7, 11) is 0. The molecule has 0 unspecified atom stereocenters. The summed E-state index contributed by atoms with van der Waals surface area (Å²) in [4.78, 5) is 1.21. The van der Waals surface area contributed by atoms with Gasteiger partial charge >= 0.3 is 0 Å². The first-order chi connectivity index (χ1) is 5.70. The van der Waals surface area contributed by atoms with E-state index >= 15 is 0 Å². The highest BCUT2D eigenvalue weighted by Crippen LogP contribution is 2.40. The minimum absolute atomic E-state index is 0.340. The maximum Gasteiger partial charge on any atom is 0.0653 e. The summed E-state index contributed by atoms with van der Waals surface area (Å²) in [5, 5.41) is 12.4. The molecule has 0 radical (unpaired) electrons. The SMILES string of the molecule is OC1(CCc2sccc2Cl)CC1. The summed E-state index contributed by atoms with van der Waals surface area (Å²) in [5.41, 5.74) is -0.340. The topological polar surface area (TPSA) is 20.2 Å². The van der Waals surface area contributed by atoms with Crippen LogP contribution in [0.15, 0.2) is 11.4 Å². The molecule has 66 valence electrons. The molecule has 1 saturated carbocycles. The number of rotatable bonds is 3. The number of hydrogen-bond acceptors (Lipinski definition) is 2. The highest BCUT2D eigenvalue weighted by atomic mass is 35.5. The van der Waals surface area contributed by atoms with Crippen LogP contribution in [0.3, 0.4) is 0 Å². The van der Waals surface area contributed by atoms with Crippen LogP contribution in [-0.4, -0.2) is 10.7 Å². The van der Waals surface area contributed by atoms with Crippen LogP contribution in [0.4, 0.5) is 0 Å². The molecule has 3 heteroatoms. The fourth-order valence-corrected chi connectivity index (χ4v) is 2.38. The van der Waals surface area contributed by atoms with Crippen LogP contribution < -0.4 is 0 Å². The van der Waals surface area contributed by atoms with Crippen molar-refractivity contribution >= 4 is 22.9 Å². The predicted octanol–water partition coefficient (Wildman–Crippen LogP) is 2.86. The van der Waals surface area contributed by atoms with E-state index in [0.717, 1.165) is 30.7 Å². The molecule has 1 N–H and O–H groups in total. The molecule has 1 aromatic heterocycles. The summed E-state index contributed by atoms with van der Waals surface area (Å²) in [5.74, 6) is 0. The van der Waals surface area contributed by atoms with Crippen molar-refractivity contribution in [2.75, 3.05) is 0 Å². The summed E-state index contributed by atoms with van der Waals surface area (Å²) in [6.07, 6.45) is 3.73. The average Bonchev–Trinajstić information content (AvgIpc) is 2.61. The second kappa shape index (κ2) is 3.02. The van der Waals surface area contributed by atoms with Gasteiger partial charge in [-0.15, -0.1) is 11.3 Å². The van der Waals surface area contributed by atoms with Gasteiger partial charge in [-0.05, 0) is 37.1 Å². The van der Waals surface area contributed by atoms with E-state index in [-0.39, 0.29) is 5.60 Å². The lowest BCUT2D eigenvalue weighted by molar-refractivity contribution is 0.141. The number of aliphatic hydroxyl groups is 1. The Morgan fingerprint density at radius 1 is 1.58 bits per heavy atom. The van der Waals surface area contributed by atoms with Crippen molar-refractivity contribution in [2.24, 2.45) is 0 Å². The first-order valence-corrected chi connectivity index (χ1v) is 5.40. The van der Waals surface area contributed by atoms with Crippen LogP contribution in [0.1, 0.15) is 24.1 Å². The molecule has 1 aromatic rings. The Hall–Kier alpha value is -0.0500. The third-order valence-electron chi connectivity index (χ3n) is 2.34. The Bertz CT molecular complexity index is 278. The van der Waals surface area contributed by atoms with Crippen molar-refractivity contribution in [1.82, 2.24) is 0 Å². The zero-order chi connectivity index (χ0) is 8.60. The van der Waals surface area contributed by atoms with Crippen LogP contribution in [0.25, 0.3) is 0 Å². The van der Waals surface area contributed by atoms with Crippen LogP contribution in [0.2, 0.25) is 5.02 Å². The van der Waals surface area contributed by atoms with Crippen LogP contribution in [0.5, 0.6) is 0 Å². The van der Waals surface area contributed by atoms with Crippen molar-refractivity contribution < 1.29 is 5.11 Å². The maximum atomic E-state index is 9.58. The van der Waals surface area contributed by atoms with Crippen molar-refractivity contribution in [3.8, 4) is 0 Å². The molecule has 2 rings (SSSR count). The van der Waals surface area contributed by atoms with Gasteiger partial charge in [-0.1, -0.05) is 11.6 Å². The molecule has 0 atom stereocenters. The molecule has 12 heavy (non-hydrogen) atoms. The molecule has 0 spiro atoms. The molecule has 0 bridgehead atoms. The Morgan fingerprint density at radius 3 is 2.83 bits per heavy atom. The number of thiophene rings is 1. The minimum atomic E-state index is -0.340. The second-order valence-corrected chi connectivity index (χ2v) is 4.82. The van der Waals surface area contributed by atoms with E-state index in [1.54, 1.807) is 11.3 Å². The summed E-state index contributed by atoms with van der Waals surface area (Å²) in [6.45, 7) is 0. The van der Waals surface area contributed by atoms with Gasteiger partial charge in [0.25, 0.3) is 0 Å². The minimum Gasteiger partial charge on any atom is -0.390 e. The quantitative estimate of drug-likeness (QED) is 0.799. The first-order valence-electron chi connectivity index (χ1n) is 4.14. The fourth-order valence-electron chi connectivity index (χ4n) is 1.24. The van der Waals surface area contributed by atoms with Gasteiger partial charge in [0, 0.05) is 4.88 Å². The Balaban J connectivity index is 1.91. The number of aryl methyl sites for hydroxylation is 1. The fraction of sp³-hybridized carbons (Fsp3) is 0.556. The molecule has 1 heterocycles. The van der Waals surface area contributed by atoms with Gasteiger partial charge in [0.1, 0.15) is 0 Å². The molecular formula is C9H11ClOS. The lowest BCUT2D eigenvalue weighted by Gasteiger charge is -2.05. The predicted molar refractivity (Wildman–Crippen MR) is 51.8 cm³/mol. The highest BCUT2D eigenvalue weighted by Gasteiger charge is 2.39. The zero-order valence-electron chi connectivity index (χ0n) is 6.72. The zero-order valence-corrected chi connectivity index (χ0v) is 8.29. The van der Waals surface area contributed by atoms with Gasteiger partial charge in [0.05, 0.1) is 10.6 Å².